The summed E-state index contributed by atoms with van der Waals surface area (Å²) in [6.45, 7) is 7.70. The van der Waals surface area contributed by atoms with Gasteiger partial charge in [0, 0.05) is 23.7 Å². The van der Waals surface area contributed by atoms with Crippen LogP contribution in [0.1, 0.15) is 32.8 Å². The summed E-state index contributed by atoms with van der Waals surface area (Å²) in [5.41, 5.74) is 2.04. The second-order valence-electron chi connectivity index (χ2n) is 5.37. The van der Waals surface area contributed by atoms with E-state index < -0.39 is 0 Å². The Morgan fingerprint density at radius 2 is 2.22 bits per heavy atom. The summed E-state index contributed by atoms with van der Waals surface area (Å²) in [7, 11) is 0. The van der Waals surface area contributed by atoms with Crippen molar-refractivity contribution in [3.8, 4) is 0 Å². The van der Waals surface area contributed by atoms with Gasteiger partial charge in [-0.2, -0.15) is 9.61 Å². The van der Waals surface area contributed by atoms with E-state index in [9.17, 15) is 0 Å². The standard InChI is InChI=1S/C13H17ClN4/c1-4-13(2,3)17-8-6-9-11(14)16-10-5-7-15-18(10)12(9)17/h5,7H,4,6,8H2,1-3H3. The van der Waals surface area contributed by atoms with Crippen molar-refractivity contribution in [1.29, 1.82) is 0 Å². The van der Waals surface area contributed by atoms with Gasteiger partial charge >= 0.3 is 0 Å². The van der Waals surface area contributed by atoms with Crippen LogP contribution < -0.4 is 4.90 Å². The fraction of sp³-hybridized carbons (Fsp3) is 0.538. The van der Waals surface area contributed by atoms with Gasteiger partial charge in [0.15, 0.2) is 5.65 Å². The van der Waals surface area contributed by atoms with E-state index in [1.807, 2.05) is 10.6 Å². The van der Waals surface area contributed by atoms with Gasteiger partial charge in [-0.25, -0.2) is 4.98 Å². The highest BCUT2D eigenvalue weighted by molar-refractivity contribution is 6.30. The number of nitrogens with zero attached hydrogens (tertiary/aromatic N) is 4. The van der Waals surface area contributed by atoms with Gasteiger partial charge in [0.2, 0.25) is 0 Å². The number of hydrogen-bond acceptors (Lipinski definition) is 3. The third-order valence-electron chi connectivity index (χ3n) is 3.99. The predicted molar refractivity (Wildman–Crippen MR) is 73.4 cm³/mol. The Morgan fingerprint density at radius 3 is 2.94 bits per heavy atom. The summed E-state index contributed by atoms with van der Waals surface area (Å²) in [6, 6.07) is 1.89. The molecule has 1 aliphatic heterocycles. The lowest BCUT2D eigenvalue weighted by Gasteiger charge is -2.36. The van der Waals surface area contributed by atoms with E-state index in [1.165, 1.54) is 0 Å². The lowest BCUT2D eigenvalue weighted by molar-refractivity contribution is 0.450. The van der Waals surface area contributed by atoms with E-state index in [-0.39, 0.29) is 5.54 Å². The summed E-state index contributed by atoms with van der Waals surface area (Å²) in [5, 5.41) is 5.00. The van der Waals surface area contributed by atoms with Crippen molar-refractivity contribution in [3.63, 3.8) is 0 Å². The molecule has 0 aliphatic carbocycles. The quantitative estimate of drug-likeness (QED) is 0.782. The van der Waals surface area contributed by atoms with E-state index in [2.05, 4.69) is 35.8 Å². The average Bonchev–Trinajstić information content (AvgIpc) is 2.93. The molecule has 0 N–H and O–H groups in total. The van der Waals surface area contributed by atoms with Crippen LogP contribution in [-0.2, 0) is 6.42 Å². The number of hydrogen-bond donors (Lipinski definition) is 0. The number of fused-ring (bicyclic) bond motifs is 3. The van der Waals surface area contributed by atoms with E-state index >= 15 is 0 Å². The van der Waals surface area contributed by atoms with Crippen LogP contribution in [0.15, 0.2) is 12.3 Å². The van der Waals surface area contributed by atoms with Gasteiger partial charge in [-0.3, -0.25) is 0 Å². The van der Waals surface area contributed by atoms with Crippen molar-refractivity contribution in [2.75, 3.05) is 11.4 Å². The molecule has 3 rings (SSSR count). The third kappa shape index (κ3) is 1.52. The maximum atomic E-state index is 6.29. The molecule has 96 valence electrons. The minimum Gasteiger partial charge on any atom is -0.351 e. The molecule has 0 atom stereocenters. The van der Waals surface area contributed by atoms with Crippen molar-refractivity contribution in [3.05, 3.63) is 23.0 Å². The van der Waals surface area contributed by atoms with E-state index in [4.69, 9.17) is 11.6 Å². The van der Waals surface area contributed by atoms with Crippen LogP contribution in [0.25, 0.3) is 5.65 Å². The number of aromatic nitrogens is 3. The van der Waals surface area contributed by atoms with E-state index in [1.54, 1.807) is 6.20 Å². The van der Waals surface area contributed by atoms with E-state index in [0.717, 1.165) is 36.4 Å². The van der Waals surface area contributed by atoms with Crippen LogP contribution in [0.2, 0.25) is 5.15 Å². The van der Waals surface area contributed by atoms with Crippen molar-refractivity contribution < 1.29 is 0 Å². The Labute approximate surface area is 112 Å². The maximum Gasteiger partial charge on any atom is 0.159 e. The fourth-order valence-corrected chi connectivity index (χ4v) is 2.80. The van der Waals surface area contributed by atoms with Gasteiger partial charge < -0.3 is 4.90 Å². The Balaban J connectivity index is 2.26. The Hall–Kier alpha value is -1.29. The minimum atomic E-state index is 0.106. The molecule has 0 unspecified atom stereocenters. The first kappa shape index (κ1) is 11.8. The second kappa shape index (κ2) is 3.85. The van der Waals surface area contributed by atoms with Gasteiger partial charge in [0.1, 0.15) is 11.0 Å². The summed E-state index contributed by atoms with van der Waals surface area (Å²) in [6.07, 6.45) is 3.80. The molecule has 5 heteroatoms. The molecule has 0 saturated heterocycles. The number of halogens is 1. The maximum absolute atomic E-state index is 6.29. The Bertz CT molecular complexity index is 602. The Morgan fingerprint density at radius 1 is 1.44 bits per heavy atom. The molecule has 0 radical (unpaired) electrons. The molecule has 2 aromatic rings. The largest absolute Gasteiger partial charge is 0.351 e. The van der Waals surface area contributed by atoms with Crippen molar-refractivity contribution >= 4 is 23.1 Å². The Kier molecular flexibility index (Phi) is 2.52. The van der Waals surface area contributed by atoms with Gasteiger partial charge in [-0.05, 0) is 26.7 Å². The van der Waals surface area contributed by atoms with Crippen LogP contribution in [0.4, 0.5) is 5.82 Å². The lowest BCUT2D eigenvalue weighted by Crippen LogP contribution is -2.43. The SMILES string of the molecule is CCC(C)(C)N1CCc2c(Cl)nc3ccnn3c21. The summed E-state index contributed by atoms with van der Waals surface area (Å²) >= 11 is 6.29. The van der Waals surface area contributed by atoms with Crippen LogP contribution in [0.5, 0.6) is 0 Å². The van der Waals surface area contributed by atoms with Crippen molar-refractivity contribution in [2.24, 2.45) is 0 Å². The third-order valence-corrected chi connectivity index (χ3v) is 4.30. The molecule has 1 aliphatic rings. The average molecular weight is 265 g/mol. The fourth-order valence-electron chi connectivity index (χ4n) is 2.53. The van der Waals surface area contributed by atoms with Crippen LogP contribution in [0.3, 0.4) is 0 Å². The molecule has 0 amide bonds. The molecule has 0 bridgehead atoms. The molecule has 18 heavy (non-hydrogen) atoms. The van der Waals surface area contributed by atoms with Gasteiger partial charge in [0.05, 0.1) is 6.20 Å². The normalized spacial score (nSPS) is 15.4. The second-order valence-corrected chi connectivity index (χ2v) is 5.73. The number of rotatable bonds is 2. The summed E-state index contributed by atoms with van der Waals surface area (Å²) in [4.78, 5) is 6.79. The lowest BCUT2D eigenvalue weighted by atomic mass is 10.00. The monoisotopic (exact) mass is 264 g/mol. The smallest absolute Gasteiger partial charge is 0.159 e. The molecule has 0 spiro atoms. The van der Waals surface area contributed by atoms with Crippen LogP contribution in [0, 0.1) is 0 Å². The van der Waals surface area contributed by atoms with Gasteiger partial charge in [-0.15, -0.1) is 0 Å². The minimum absolute atomic E-state index is 0.106. The van der Waals surface area contributed by atoms with Crippen molar-refractivity contribution in [1.82, 2.24) is 14.6 Å². The van der Waals surface area contributed by atoms with Crippen LogP contribution in [-0.4, -0.2) is 26.7 Å². The van der Waals surface area contributed by atoms with Crippen molar-refractivity contribution in [2.45, 2.75) is 39.2 Å². The zero-order valence-electron chi connectivity index (χ0n) is 10.9. The highest BCUT2D eigenvalue weighted by atomic mass is 35.5. The summed E-state index contributed by atoms with van der Waals surface area (Å²) in [5.74, 6) is 1.11. The highest BCUT2D eigenvalue weighted by Gasteiger charge is 2.34. The van der Waals surface area contributed by atoms with Gasteiger partial charge in [0.25, 0.3) is 0 Å². The molecular weight excluding hydrogens is 248 g/mol. The van der Waals surface area contributed by atoms with Gasteiger partial charge in [-0.1, -0.05) is 18.5 Å². The predicted octanol–water partition coefficient (Wildman–Crippen LogP) is 2.93. The molecule has 0 fully saturated rings. The first-order chi connectivity index (χ1) is 8.54. The molecule has 4 nitrogen and oxygen atoms in total. The zero-order valence-corrected chi connectivity index (χ0v) is 11.7. The molecule has 0 aromatic carbocycles. The number of anilines is 1. The first-order valence-electron chi connectivity index (χ1n) is 6.34. The first-order valence-corrected chi connectivity index (χ1v) is 6.72. The molecule has 0 saturated carbocycles. The zero-order chi connectivity index (χ0) is 12.9. The highest BCUT2D eigenvalue weighted by Crippen LogP contribution is 2.37. The van der Waals surface area contributed by atoms with E-state index in [0.29, 0.717) is 5.15 Å². The van der Waals surface area contributed by atoms with Crippen LogP contribution >= 0.6 is 11.6 Å². The molecular formula is C13H17ClN4. The molecule has 2 aromatic heterocycles. The summed E-state index contributed by atoms with van der Waals surface area (Å²) < 4.78 is 1.91. The molecule has 3 heterocycles. The topological polar surface area (TPSA) is 33.4 Å².